The third-order valence-corrected chi connectivity index (χ3v) is 2.96. The molecule has 1 atom stereocenters. The summed E-state index contributed by atoms with van der Waals surface area (Å²) < 4.78 is 0. The van der Waals surface area contributed by atoms with Crippen LogP contribution in [-0.4, -0.2) is 29.4 Å². The molecule has 0 aliphatic carbocycles. The van der Waals surface area contributed by atoms with Gasteiger partial charge in [0.15, 0.2) is 0 Å². The van der Waals surface area contributed by atoms with Crippen LogP contribution < -0.4 is 16.4 Å². The van der Waals surface area contributed by atoms with Crippen molar-refractivity contribution in [2.75, 3.05) is 6.54 Å². The monoisotopic (exact) mass is 293 g/mol. The molecule has 1 aromatic rings. The van der Waals surface area contributed by atoms with Crippen molar-refractivity contribution in [3.8, 4) is 0 Å². The summed E-state index contributed by atoms with van der Waals surface area (Å²) >= 11 is 4.84. The summed E-state index contributed by atoms with van der Waals surface area (Å²) in [5.74, 6) is -0.501. The van der Waals surface area contributed by atoms with E-state index in [0.29, 0.717) is 17.7 Å². The molecule has 0 spiro atoms. The van der Waals surface area contributed by atoms with Gasteiger partial charge in [0.1, 0.15) is 11.0 Å². The molecule has 1 unspecified atom stereocenters. The first kappa shape index (κ1) is 16.1. The highest BCUT2D eigenvalue weighted by Crippen LogP contribution is 2.04. The van der Waals surface area contributed by atoms with Gasteiger partial charge in [-0.25, -0.2) is 0 Å². The number of hydrogen-bond acceptors (Lipinski definition) is 3. The number of carbonyl (C=O) groups excluding carboxylic acids is 2. The third kappa shape index (κ3) is 4.62. The zero-order chi connectivity index (χ0) is 15.1. The van der Waals surface area contributed by atoms with E-state index in [1.165, 1.54) is 0 Å². The van der Waals surface area contributed by atoms with Gasteiger partial charge >= 0.3 is 0 Å². The molecule has 0 heterocycles. The highest BCUT2D eigenvalue weighted by molar-refractivity contribution is 7.80. The number of benzene rings is 1. The van der Waals surface area contributed by atoms with Crippen molar-refractivity contribution in [1.82, 2.24) is 10.6 Å². The number of amides is 2. The molecule has 6 heteroatoms. The lowest BCUT2D eigenvalue weighted by Gasteiger charge is -2.14. The average Bonchev–Trinajstić information content (AvgIpc) is 2.44. The first-order valence-electron chi connectivity index (χ1n) is 6.44. The minimum absolute atomic E-state index is 0.194. The largest absolute Gasteiger partial charge is 0.389 e. The Morgan fingerprint density at radius 1 is 1.25 bits per heavy atom. The smallest absolute Gasteiger partial charge is 0.251 e. The fourth-order valence-corrected chi connectivity index (χ4v) is 1.67. The van der Waals surface area contributed by atoms with Crippen molar-refractivity contribution in [1.29, 1.82) is 0 Å². The maximum Gasteiger partial charge on any atom is 0.251 e. The van der Waals surface area contributed by atoms with Crippen LogP contribution in [0, 0.1) is 0 Å². The van der Waals surface area contributed by atoms with E-state index >= 15 is 0 Å². The highest BCUT2D eigenvalue weighted by Gasteiger charge is 2.15. The second-order valence-corrected chi connectivity index (χ2v) is 4.87. The van der Waals surface area contributed by atoms with Gasteiger partial charge in [-0.3, -0.25) is 9.59 Å². The molecule has 0 aliphatic heterocycles. The number of nitrogens with two attached hydrogens (primary N) is 1. The van der Waals surface area contributed by atoms with Crippen molar-refractivity contribution in [2.24, 2.45) is 5.73 Å². The molecule has 0 aromatic heterocycles. The van der Waals surface area contributed by atoms with Gasteiger partial charge in [0.25, 0.3) is 5.91 Å². The van der Waals surface area contributed by atoms with Gasteiger partial charge in [0.2, 0.25) is 5.91 Å². The Kier molecular flexibility index (Phi) is 6.11. The molecule has 0 bridgehead atoms. The van der Waals surface area contributed by atoms with Crippen molar-refractivity contribution in [2.45, 2.75) is 26.3 Å². The second-order valence-electron chi connectivity index (χ2n) is 4.43. The van der Waals surface area contributed by atoms with E-state index in [1.807, 2.05) is 6.92 Å². The number of thiocarbonyl (C=S) groups is 1. The molecule has 0 radical (unpaired) electrons. The molecule has 1 rings (SSSR count). The Bertz CT molecular complexity index is 500. The van der Waals surface area contributed by atoms with Crippen LogP contribution in [0.3, 0.4) is 0 Å². The lowest BCUT2D eigenvalue weighted by atomic mass is 10.1. The molecule has 1 aromatic carbocycles. The molecule has 5 nitrogen and oxygen atoms in total. The lowest BCUT2D eigenvalue weighted by Crippen LogP contribution is -2.45. The zero-order valence-corrected chi connectivity index (χ0v) is 12.4. The predicted molar refractivity (Wildman–Crippen MR) is 82.6 cm³/mol. The number of carbonyl (C=O) groups is 2. The number of nitrogens with one attached hydrogen (secondary N) is 2. The van der Waals surface area contributed by atoms with E-state index in [-0.39, 0.29) is 16.8 Å². The summed E-state index contributed by atoms with van der Waals surface area (Å²) in [5, 5.41) is 5.36. The Morgan fingerprint density at radius 2 is 1.80 bits per heavy atom. The normalized spacial score (nSPS) is 11.5. The quantitative estimate of drug-likeness (QED) is 0.682. The van der Waals surface area contributed by atoms with Crippen LogP contribution in [0.1, 0.15) is 36.2 Å². The SMILES string of the molecule is CCCNC(=O)C(C)NC(=O)c1ccc(C(N)=S)cc1. The van der Waals surface area contributed by atoms with Crippen molar-refractivity contribution >= 4 is 29.0 Å². The maximum absolute atomic E-state index is 12.0. The zero-order valence-electron chi connectivity index (χ0n) is 11.6. The van der Waals surface area contributed by atoms with E-state index in [9.17, 15) is 9.59 Å². The second kappa shape index (κ2) is 7.59. The summed E-state index contributed by atoms with van der Waals surface area (Å²) in [7, 11) is 0. The summed E-state index contributed by atoms with van der Waals surface area (Å²) in [6, 6.07) is 6.03. The van der Waals surface area contributed by atoms with E-state index < -0.39 is 6.04 Å². The topological polar surface area (TPSA) is 84.2 Å². The van der Waals surface area contributed by atoms with Gasteiger partial charge in [0, 0.05) is 17.7 Å². The van der Waals surface area contributed by atoms with Crippen LogP contribution in [0.2, 0.25) is 0 Å². The van der Waals surface area contributed by atoms with E-state index in [1.54, 1.807) is 31.2 Å². The van der Waals surface area contributed by atoms with Gasteiger partial charge in [-0.2, -0.15) is 0 Å². The van der Waals surface area contributed by atoms with Crippen molar-refractivity contribution < 1.29 is 9.59 Å². The summed E-state index contributed by atoms with van der Waals surface area (Å²) in [6.07, 6.45) is 0.854. The highest BCUT2D eigenvalue weighted by atomic mass is 32.1. The summed E-state index contributed by atoms with van der Waals surface area (Å²) in [5.41, 5.74) is 6.64. The van der Waals surface area contributed by atoms with Crippen molar-refractivity contribution in [3.63, 3.8) is 0 Å². The first-order chi connectivity index (χ1) is 9.45. The van der Waals surface area contributed by atoms with Gasteiger partial charge in [0.05, 0.1) is 0 Å². The van der Waals surface area contributed by atoms with Crippen LogP contribution in [0.4, 0.5) is 0 Å². The summed E-state index contributed by atoms with van der Waals surface area (Å²) in [6.45, 7) is 4.21. The predicted octanol–water partition coefficient (Wildman–Crippen LogP) is 0.965. The van der Waals surface area contributed by atoms with Crippen molar-refractivity contribution in [3.05, 3.63) is 35.4 Å². The third-order valence-electron chi connectivity index (χ3n) is 2.72. The molecule has 0 saturated heterocycles. The van der Waals surface area contributed by atoms with Crippen LogP contribution in [0.25, 0.3) is 0 Å². The molecule has 0 saturated carbocycles. The molecule has 0 aliphatic rings. The number of hydrogen-bond donors (Lipinski definition) is 3. The average molecular weight is 293 g/mol. The van der Waals surface area contributed by atoms with Crippen LogP contribution in [-0.2, 0) is 4.79 Å². The van der Waals surface area contributed by atoms with Gasteiger partial charge < -0.3 is 16.4 Å². The molecular formula is C14H19N3O2S. The molecule has 0 fully saturated rings. The molecule has 20 heavy (non-hydrogen) atoms. The molecule has 2 amide bonds. The lowest BCUT2D eigenvalue weighted by molar-refractivity contribution is -0.122. The molecular weight excluding hydrogens is 274 g/mol. The molecule has 4 N–H and O–H groups in total. The van der Waals surface area contributed by atoms with Gasteiger partial charge in [-0.1, -0.05) is 31.3 Å². The summed E-state index contributed by atoms with van der Waals surface area (Å²) in [4.78, 5) is 23.9. The Hall–Kier alpha value is -1.95. The Labute approximate surface area is 123 Å². The standard InChI is InChI=1S/C14H19N3O2S/c1-3-8-16-13(18)9(2)17-14(19)11-6-4-10(5-7-11)12(15)20/h4-7,9H,3,8H2,1-2H3,(H2,15,20)(H,16,18)(H,17,19). The van der Waals surface area contributed by atoms with E-state index in [0.717, 1.165) is 6.42 Å². The maximum atomic E-state index is 12.0. The van der Waals surface area contributed by atoms with E-state index in [4.69, 9.17) is 18.0 Å². The minimum Gasteiger partial charge on any atom is -0.389 e. The van der Waals surface area contributed by atoms with E-state index in [2.05, 4.69) is 10.6 Å². The first-order valence-corrected chi connectivity index (χ1v) is 6.85. The fraction of sp³-hybridized carbons (Fsp3) is 0.357. The molecule has 108 valence electrons. The van der Waals surface area contributed by atoms with Gasteiger partial charge in [-0.15, -0.1) is 0 Å². The van der Waals surface area contributed by atoms with Crippen LogP contribution >= 0.6 is 12.2 Å². The Morgan fingerprint density at radius 3 is 2.30 bits per heavy atom. The minimum atomic E-state index is -0.579. The van der Waals surface area contributed by atoms with Crippen LogP contribution in [0.15, 0.2) is 24.3 Å². The van der Waals surface area contributed by atoms with Crippen LogP contribution in [0.5, 0.6) is 0 Å². The fourth-order valence-electron chi connectivity index (χ4n) is 1.53. The van der Waals surface area contributed by atoms with Gasteiger partial charge in [-0.05, 0) is 25.5 Å². The Balaban J connectivity index is 2.62. The number of rotatable bonds is 6.